The summed E-state index contributed by atoms with van der Waals surface area (Å²) in [6.07, 6.45) is 1.10. The van der Waals surface area contributed by atoms with Crippen LogP contribution in [0.1, 0.15) is 37.3 Å². The van der Waals surface area contributed by atoms with Gasteiger partial charge in [-0.15, -0.1) is 0 Å². The van der Waals surface area contributed by atoms with E-state index in [4.69, 9.17) is 9.47 Å². The minimum Gasteiger partial charge on any atom is -0.496 e. The Hall–Kier alpha value is -1.48. The third kappa shape index (κ3) is 4.01. The summed E-state index contributed by atoms with van der Waals surface area (Å²) in [5.41, 5.74) is 2.29. The maximum Gasteiger partial charge on any atom is 0.125 e. The van der Waals surface area contributed by atoms with Crippen LogP contribution in [-0.2, 0) is 6.61 Å². The molecule has 21 heavy (non-hydrogen) atoms. The Labute approximate surface area is 135 Å². The summed E-state index contributed by atoms with van der Waals surface area (Å²) >= 11 is 3.49. The zero-order valence-electron chi connectivity index (χ0n) is 12.7. The summed E-state index contributed by atoms with van der Waals surface area (Å²) < 4.78 is 12.5. The van der Waals surface area contributed by atoms with E-state index in [2.05, 4.69) is 41.9 Å². The highest BCUT2D eigenvalue weighted by Gasteiger charge is 2.11. The van der Waals surface area contributed by atoms with Gasteiger partial charge in [0, 0.05) is 10.0 Å². The van der Waals surface area contributed by atoms with E-state index in [1.807, 2.05) is 30.3 Å². The van der Waals surface area contributed by atoms with Crippen LogP contribution in [0.4, 0.5) is 0 Å². The fraction of sp³-hybridized carbons (Fsp3) is 0.333. The monoisotopic (exact) mass is 348 g/mol. The lowest BCUT2D eigenvalue weighted by atomic mass is 9.98. The summed E-state index contributed by atoms with van der Waals surface area (Å²) in [5, 5.41) is 0. The fourth-order valence-electron chi connectivity index (χ4n) is 2.25. The van der Waals surface area contributed by atoms with Gasteiger partial charge >= 0.3 is 0 Å². The van der Waals surface area contributed by atoms with E-state index in [1.165, 1.54) is 5.56 Å². The van der Waals surface area contributed by atoms with Gasteiger partial charge in [0.05, 0.1) is 7.11 Å². The fourth-order valence-corrected chi connectivity index (χ4v) is 2.66. The van der Waals surface area contributed by atoms with Gasteiger partial charge < -0.3 is 9.47 Å². The predicted molar refractivity (Wildman–Crippen MR) is 90.2 cm³/mol. The average Bonchev–Trinajstić information content (AvgIpc) is 2.52. The topological polar surface area (TPSA) is 18.5 Å². The minimum atomic E-state index is 0.491. The van der Waals surface area contributed by atoms with Crippen LogP contribution < -0.4 is 9.47 Å². The predicted octanol–water partition coefficient (Wildman–Crippen LogP) is 5.55. The highest BCUT2D eigenvalue weighted by Crippen LogP contribution is 2.30. The Balaban J connectivity index is 2.19. The first-order valence-electron chi connectivity index (χ1n) is 7.19. The molecule has 3 heteroatoms. The zero-order chi connectivity index (χ0) is 15.2. The van der Waals surface area contributed by atoms with E-state index >= 15 is 0 Å². The van der Waals surface area contributed by atoms with Crippen LogP contribution >= 0.6 is 15.9 Å². The molecule has 0 aliphatic rings. The van der Waals surface area contributed by atoms with Crippen molar-refractivity contribution < 1.29 is 9.47 Å². The van der Waals surface area contributed by atoms with Crippen molar-refractivity contribution in [3.05, 3.63) is 58.1 Å². The molecule has 0 saturated heterocycles. The van der Waals surface area contributed by atoms with Crippen LogP contribution in [0.15, 0.2) is 46.9 Å². The van der Waals surface area contributed by atoms with Crippen LogP contribution in [0.2, 0.25) is 0 Å². The van der Waals surface area contributed by atoms with Crippen molar-refractivity contribution in [2.45, 2.75) is 32.8 Å². The molecule has 0 aliphatic heterocycles. The number of halogens is 1. The molecular weight excluding hydrogens is 328 g/mol. The van der Waals surface area contributed by atoms with Gasteiger partial charge in [-0.2, -0.15) is 0 Å². The number of para-hydroxylation sites is 1. The molecule has 112 valence electrons. The average molecular weight is 349 g/mol. The molecular formula is C18H21BrO2. The van der Waals surface area contributed by atoms with Crippen LogP contribution in [0.3, 0.4) is 0 Å². The molecule has 2 aromatic rings. The SMILES string of the molecule is CCC(C)c1ccccc1OCc1cc(Br)ccc1OC. The molecule has 0 amide bonds. The first-order valence-corrected chi connectivity index (χ1v) is 7.99. The number of benzene rings is 2. The van der Waals surface area contributed by atoms with E-state index < -0.39 is 0 Å². The molecule has 1 atom stereocenters. The van der Waals surface area contributed by atoms with Gasteiger partial charge in [0.1, 0.15) is 18.1 Å². The number of hydrogen-bond donors (Lipinski definition) is 0. The molecule has 2 rings (SSSR count). The van der Waals surface area contributed by atoms with Crippen molar-refractivity contribution in [3.8, 4) is 11.5 Å². The maximum absolute atomic E-state index is 6.04. The van der Waals surface area contributed by atoms with Gasteiger partial charge in [0.2, 0.25) is 0 Å². The Morgan fingerprint density at radius 1 is 1.10 bits per heavy atom. The van der Waals surface area contributed by atoms with Gasteiger partial charge in [-0.05, 0) is 42.2 Å². The highest BCUT2D eigenvalue weighted by molar-refractivity contribution is 9.10. The maximum atomic E-state index is 6.04. The molecule has 0 radical (unpaired) electrons. The van der Waals surface area contributed by atoms with Crippen LogP contribution in [0, 0.1) is 0 Å². The molecule has 0 N–H and O–H groups in total. The molecule has 0 bridgehead atoms. The van der Waals surface area contributed by atoms with Crippen molar-refractivity contribution in [3.63, 3.8) is 0 Å². The van der Waals surface area contributed by atoms with Crippen LogP contribution in [0.25, 0.3) is 0 Å². The van der Waals surface area contributed by atoms with Crippen LogP contribution in [0.5, 0.6) is 11.5 Å². The molecule has 2 aromatic carbocycles. The molecule has 0 spiro atoms. The van der Waals surface area contributed by atoms with E-state index in [1.54, 1.807) is 7.11 Å². The Morgan fingerprint density at radius 2 is 1.86 bits per heavy atom. The smallest absolute Gasteiger partial charge is 0.125 e. The van der Waals surface area contributed by atoms with Crippen molar-refractivity contribution in [1.82, 2.24) is 0 Å². The van der Waals surface area contributed by atoms with Gasteiger partial charge in [-0.3, -0.25) is 0 Å². The van der Waals surface area contributed by atoms with Gasteiger partial charge in [-0.1, -0.05) is 48.0 Å². The lowest BCUT2D eigenvalue weighted by molar-refractivity contribution is 0.292. The Kier molecular flexibility index (Phi) is 5.68. The summed E-state index contributed by atoms with van der Waals surface area (Å²) in [6.45, 7) is 4.91. The second kappa shape index (κ2) is 7.51. The second-order valence-electron chi connectivity index (χ2n) is 5.09. The quantitative estimate of drug-likeness (QED) is 0.681. The second-order valence-corrected chi connectivity index (χ2v) is 6.01. The number of hydrogen-bond acceptors (Lipinski definition) is 2. The third-order valence-corrected chi connectivity index (χ3v) is 4.18. The van der Waals surface area contributed by atoms with Crippen molar-refractivity contribution in [2.75, 3.05) is 7.11 Å². The van der Waals surface area contributed by atoms with Crippen molar-refractivity contribution in [2.24, 2.45) is 0 Å². The van der Waals surface area contributed by atoms with E-state index in [0.29, 0.717) is 12.5 Å². The Bertz CT molecular complexity index is 596. The number of methoxy groups -OCH3 is 1. The van der Waals surface area contributed by atoms with Crippen molar-refractivity contribution in [1.29, 1.82) is 0 Å². The zero-order valence-corrected chi connectivity index (χ0v) is 14.3. The number of rotatable bonds is 6. The molecule has 1 unspecified atom stereocenters. The first kappa shape index (κ1) is 15.9. The summed E-state index contributed by atoms with van der Waals surface area (Å²) in [4.78, 5) is 0. The van der Waals surface area contributed by atoms with Crippen molar-refractivity contribution >= 4 is 15.9 Å². The van der Waals surface area contributed by atoms with Gasteiger partial charge in [0.15, 0.2) is 0 Å². The van der Waals surface area contributed by atoms with E-state index in [-0.39, 0.29) is 0 Å². The summed E-state index contributed by atoms with van der Waals surface area (Å²) in [5.74, 6) is 2.29. The molecule has 0 fully saturated rings. The molecule has 0 aromatic heterocycles. The lowest BCUT2D eigenvalue weighted by Crippen LogP contribution is -2.02. The molecule has 0 aliphatic carbocycles. The standard InChI is InChI=1S/C18H21BrO2/c1-4-13(2)16-7-5-6-8-18(16)21-12-14-11-15(19)9-10-17(14)20-3/h5-11,13H,4,12H2,1-3H3. The van der Waals surface area contributed by atoms with E-state index in [0.717, 1.165) is 28.0 Å². The third-order valence-electron chi connectivity index (χ3n) is 3.69. The van der Waals surface area contributed by atoms with Crippen LogP contribution in [-0.4, -0.2) is 7.11 Å². The minimum absolute atomic E-state index is 0.491. The highest BCUT2D eigenvalue weighted by atomic mass is 79.9. The largest absolute Gasteiger partial charge is 0.496 e. The Morgan fingerprint density at radius 3 is 2.57 bits per heavy atom. The molecule has 0 heterocycles. The number of ether oxygens (including phenoxy) is 2. The van der Waals surface area contributed by atoms with Gasteiger partial charge in [0.25, 0.3) is 0 Å². The molecule has 0 saturated carbocycles. The van der Waals surface area contributed by atoms with Gasteiger partial charge in [-0.25, -0.2) is 0 Å². The lowest BCUT2D eigenvalue weighted by Gasteiger charge is -2.16. The normalized spacial score (nSPS) is 12.0. The first-order chi connectivity index (χ1) is 10.2. The van der Waals surface area contributed by atoms with E-state index in [9.17, 15) is 0 Å². The summed E-state index contributed by atoms with van der Waals surface area (Å²) in [7, 11) is 1.68. The summed E-state index contributed by atoms with van der Waals surface area (Å²) in [6, 6.07) is 14.2. The molecule has 2 nitrogen and oxygen atoms in total.